The fraction of sp³-hybridized carbons (Fsp3) is 0.357. The molecule has 5 heteroatoms. The molecule has 5 rings (SSSR count). The summed E-state index contributed by atoms with van der Waals surface area (Å²) < 4.78 is 6.78. The molecule has 3 aromatic rings. The molecule has 170 valence electrons. The minimum absolute atomic E-state index is 0.252. The first-order valence-corrected chi connectivity index (χ1v) is 11.8. The van der Waals surface area contributed by atoms with Gasteiger partial charge in [-0.3, -0.25) is 4.98 Å². The van der Waals surface area contributed by atoms with Crippen LogP contribution in [0.1, 0.15) is 36.0 Å². The van der Waals surface area contributed by atoms with Crippen LogP contribution in [-0.2, 0) is 21.6 Å². The highest BCUT2D eigenvalue weighted by Gasteiger charge is 2.50. The van der Waals surface area contributed by atoms with Gasteiger partial charge in [-0.2, -0.15) is 0 Å². The summed E-state index contributed by atoms with van der Waals surface area (Å²) in [5, 5.41) is 11.7. The predicted molar refractivity (Wildman–Crippen MR) is 127 cm³/mol. The highest BCUT2D eigenvalue weighted by Crippen LogP contribution is 2.48. The molecule has 1 saturated heterocycles. The normalized spacial score (nSPS) is 22.5. The van der Waals surface area contributed by atoms with E-state index in [2.05, 4.69) is 24.2 Å². The Labute approximate surface area is 195 Å². The van der Waals surface area contributed by atoms with Crippen LogP contribution in [0.5, 0.6) is 0 Å². The van der Waals surface area contributed by atoms with Crippen LogP contribution >= 0.6 is 0 Å². The van der Waals surface area contributed by atoms with Crippen LogP contribution in [0.4, 0.5) is 0 Å². The standard InChI is InChI=1S/C28H31N2O3/c1-30(18-6-8-21-14-16-29-17-15-21)19-7-9-22(30)20-33-27(31)28(32)25-12-4-2-10-23(25)24-11-3-5-13-26(24)28/h2-5,10-17,22,32H,6-9,18-20H2,1H3/q+1/t22?,30-/m1/s1. The summed E-state index contributed by atoms with van der Waals surface area (Å²) in [6, 6.07) is 19.5. The van der Waals surface area contributed by atoms with Gasteiger partial charge in [0.05, 0.1) is 20.1 Å². The number of quaternary nitrogens is 1. The molecule has 1 aromatic heterocycles. The molecule has 2 aromatic carbocycles. The summed E-state index contributed by atoms with van der Waals surface area (Å²) in [4.78, 5) is 17.5. The summed E-state index contributed by atoms with van der Waals surface area (Å²) in [5.41, 5.74) is 2.56. The van der Waals surface area contributed by atoms with Gasteiger partial charge < -0.3 is 14.3 Å². The first-order chi connectivity index (χ1) is 16.0. The Bertz CT molecular complexity index is 1100. The number of aliphatic hydroxyl groups is 1. The van der Waals surface area contributed by atoms with Crippen molar-refractivity contribution in [2.75, 3.05) is 26.7 Å². The van der Waals surface area contributed by atoms with Crippen molar-refractivity contribution in [1.82, 2.24) is 4.98 Å². The van der Waals surface area contributed by atoms with Gasteiger partial charge in [-0.25, -0.2) is 4.79 Å². The summed E-state index contributed by atoms with van der Waals surface area (Å²) >= 11 is 0. The number of aryl methyl sites for hydroxylation is 1. The van der Waals surface area contributed by atoms with Crippen LogP contribution in [0.15, 0.2) is 73.1 Å². The number of esters is 1. The van der Waals surface area contributed by atoms with Gasteiger partial charge in [0.1, 0.15) is 12.6 Å². The van der Waals surface area contributed by atoms with Gasteiger partial charge in [-0.1, -0.05) is 48.5 Å². The van der Waals surface area contributed by atoms with E-state index in [1.165, 1.54) is 5.56 Å². The molecule has 33 heavy (non-hydrogen) atoms. The Morgan fingerprint density at radius 3 is 2.36 bits per heavy atom. The number of rotatable bonds is 7. The molecule has 0 spiro atoms. The maximum atomic E-state index is 13.4. The monoisotopic (exact) mass is 443 g/mol. The lowest BCUT2D eigenvalue weighted by Gasteiger charge is -2.36. The summed E-state index contributed by atoms with van der Waals surface area (Å²) in [6.07, 6.45) is 7.95. The number of hydrogen-bond donors (Lipinski definition) is 1. The molecule has 2 aliphatic rings. The molecule has 0 bridgehead atoms. The number of pyridine rings is 1. The Balaban J connectivity index is 1.27. The van der Waals surface area contributed by atoms with Crippen LogP contribution in [0.25, 0.3) is 11.1 Å². The van der Waals surface area contributed by atoms with E-state index in [-0.39, 0.29) is 6.04 Å². The Hall–Kier alpha value is -3.02. The third kappa shape index (κ3) is 3.85. The molecule has 1 fully saturated rings. The molecule has 2 heterocycles. The Morgan fingerprint density at radius 1 is 1.06 bits per heavy atom. The topological polar surface area (TPSA) is 59.4 Å². The van der Waals surface area contributed by atoms with E-state index in [4.69, 9.17) is 4.74 Å². The van der Waals surface area contributed by atoms with E-state index < -0.39 is 11.6 Å². The Morgan fingerprint density at radius 2 is 1.70 bits per heavy atom. The zero-order chi connectivity index (χ0) is 22.9. The summed E-state index contributed by atoms with van der Waals surface area (Å²) in [5.74, 6) is -0.574. The third-order valence-corrected chi connectivity index (χ3v) is 7.60. The molecule has 1 aliphatic carbocycles. The predicted octanol–water partition coefficient (Wildman–Crippen LogP) is 4.08. The fourth-order valence-electron chi connectivity index (χ4n) is 5.64. The first-order valence-electron chi connectivity index (χ1n) is 11.8. The second kappa shape index (κ2) is 8.73. The average Bonchev–Trinajstić information content (AvgIpc) is 3.34. The molecule has 1 N–H and O–H groups in total. The fourth-order valence-corrected chi connectivity index (χ4v) is 5.64. The van der Waals surface area contributed by atoms with Crippen molar-refractivity contribution >= 4 is 5.97 Å². The minimum atomic E-state index is -1.75. The molecule has 1 unspecified atom stereocenters. The van der Waals surface area contributed by atoms with E-state index in [0.717, 1.165) is 54.4 Å². The van der Waals surface area contributed by atoms with Gasteiger partial charge in [0.15, 0.2) is 0 Å². The van der Waals surface area contributed by atoms with Crippen molar-refractivity contribution in [2.45, 2.75) is 37.3 Å². The van der Waals surface area contributed by atoms with Gasteiger partial charge in [-0.15, -0.1) is 0 Å². The summed E-state index contributed by atoms with van der Waals surface area (Å²) in [6.45, 7) is 2.46. The van der Waals surface area contributed by atoms with Crippen molar-refractivity contribution < 1.29 is 19.1 Å². The van der Waals surface area contributed by atoms with Gasteiger partial charge in [-0.05, 0) is 35.2 Å². The van der Waals surface area contributed by atoms with E-state index in [1.807, 2.05) is 60.9 Å². The number of nitrogens with zero attached hydrogens (tertiary/aromatic N) is 2. The molecule has 2 atom stereocenters. The van der Waals surface area contributed by atoms with E-state index in [0.29, 0.717) is 17.7 Å². The molecule has 5 nitrogen and oxygen atoms in total. The average molecular weight is 444 g/mol. The minimum Gasteiger partial charge on any atom is -0.457 e. The first kappa shape index (κ1) is 21.8. The molecule has 0 radical (unpaired) electrons. The number of likely N-dealkylation sites (tertiary alicyclic amines) is 1. The number of carbonyl (C=O) groups excluding carboxylic acids is 1. The van der Waals surface area contributed by atoms with Gasteiger partial charge in [0.2, 0.25) is 5.60 Å². The van der Waals surface area contributed by atoms with Gasteiger partial charge >= 0.3 is 5.97 Å². The number of carbonyl (C=O) groups is 1. The van der Waals surface area contributed by atoms with Crippen LogP contribution in [-0.4, -0.2) is 53.3 Å². The second-order valence-corrected chi connectivity index (χ2v) is 9.58. The molecule has 1 aliphatic heterocycles. The van der Waals surface area contributed by atoms with E-state index >= 15 is 0 Å². The molecular weight excluding hydrogens is 412 g/mol. The number of ether oxygens (including phenoxy) is 1. The van der Waals surface area contributed by atoms with Crippen LogP contribution in [0.2, 0.25) is 0 Å². The van der Waals surface area contributed by atoms with Crippen LogP contribution in [0, 0.1) is 0 Å². The van der Waals surface area contributed by atoms with Crippen molar-refractivity contribution in [3.05, 3.63) is 89.7 Å². The largest absolute Gasteiger partial charge is 0.457 e. The number of fused-ring (bicyclic) bond motifs is 3. The quantitative estimate of drug-likeness (QED) is 0.442. The van der Waals surface area contributed by atoms with E-state index in [1.54, 1.807) is 0 Å². The van der Waals surface area contributed by atoms with Crippen LogP contribution < -0.4 is 0 Å². The number of benzene rings is 2. The second-order valence-electron chi connectivity index (χ2n) is 9.58. The number of aromatic nitrogens is 1. The maximum Gasteiger partial charge on any atom is 0.347 e. The molecular formula is C28H31N2O3+. The lowest BCUT2D eigenvalue weighted by molar-refractivity contribution is -0.921. The van der Waals surface area contributed by atoms with Gasteiger partial charge in [0.25, 0.3) is 0 Å². The number of likely N-dealkylation sites (N-methyl/N-ethyl adjacent to an activating group) is 1. The van der Waals surface area contributed by atoms with Crippen molar-refractivity contribution in [2.24, 2.45) is 0 Å². The maximum absolute atomic E-state index is 13.4. The molecule has 0 amide bonds. The molecule has 0 saturated carbocycles. The summed E-state index contributed by atoms with van der Waals surface area (Å²) in [7, 11) is 2.27. The highest BCUT2D eigenvalue weighted by molar-refractivity contribution is 5.96. The SMILES string of the molecule is C[N@@+]1(CCCc2ccncc2)CCCC1COC(=O)C1(O)c2ccccc2-c2ccccc21. The lowest BCUT2D eigenvalue weighted by Crippen LogP contribution is -2.51. The van der Waals surface area contributed by atoms with Gasteiger partial charge in [0, 0.05) is 42.8 Å². The van der Waals surface area contributed by atoms with Crippen LogP contribution in [0.3, 0.4) is 0 Å². The highest BCUT2D eigenvalue weighted by atomic mass is 16.6. The third-order valence-electron chi connectivity index (χ3n) is 7.60. The number of hydrogen-bond acceptors (Lipinski definition) is 4. The Kier molecular flexibility index (Phi) is 5.77. The smallest absolute Gasteiger partial charge is 0.347 e. The lowest BCUT2D eigenvalue weighted by atomic mass is 9.91. The van der Waals surface area contributed by atoms with E-state index in [9.17, 15) is 9.90 Å². The zero-order valence-corrected chi connectivity index (χ0v) is 19.1. The van der Waals surface area contributed by atoms with Crippen molar-refractivity contribution in [1.29, 1.82) is 0 Å². The zero-order valence-electron chi connectivity index (χ0n) is 19.1. The van der Waals surface area contributed by atoms with Crippen molar-refractivity contribution in [3.8, 4) is 11.1 Å². The van der Waals surface area contributed by atoms with Crippen molar-refractivity contribution in [3.63, 3.8) is 0 Å².